The van der Waals surface area contributed by atoms with Crippen molar-refractivity contribution in [3.63, 3.8) is 0 Å². The highest BCUT2D eigenvalue weighted by molar-refractivity contribution is 5.95. The van der Waals surface area contributed by atoms with E-state index in [0.717, 1.165) is 12.2 Å². The summed E-state index contributed by atoms with van der Waals surface area (Å²) in [5, 5.41) is 0. The van der Waals surface area contributed by atoms with Crippen molar-refractivity contribution in [2.45, 2.75) is 20.3 Å². The number of likely N-dealkylation sites (N-methyl/N-ethyl adjacent to an activating group) is 1. The third kappa shape index (κ3) is 10.5. The fourth-order valence-electron chi connectivity index (χ4n) is 2.09. The van der Waals surface area contributed by atoms with Gasteiger partial charge in [0.15, 0.2) is 5.78 Å². The topological polar surface area (TPSA) is 32.8 Å². The van der Waals surface area contributed by atoms with Crippen LogP contribution in [0.2, 0.25) is 0 Å². The molecule has 0 atom stereocenters. The van der Waals surface area contributed by atoms with Crippen molar-refractivity contribution in [1.82, 2.24) is 9.80 Å². The molecule has 126 valence electrons. The summed E-state index contributed by atoms with van der Waals surface area (Å²) in [5.41, 5.74) is 0.722. The number of Topliss-reactive ketones (excluding diaryl/α,β-unsaturated/α-hetero) is 1. The Bertz CT molecular complexity index is 367. The van der Waals surface area contributed by atoms with E-state index >= 15 is 0 Å². The molecule has 4 heteroatoms. The monoisotopic (exact) mass is 308 g/mol. The molecule has 1 rings (SSSR count). The van der Waals surface area contributed by atoms with Gasteiger partial charge in [0.2, 0.25) is 0 Å². The summed E-state index contributed by atoms with van der Waals surface area (Å²) in [6.07, 6.45) is 8.08. The molecule has 0 saturated carbocycles. The lowest BCUT2D eigenvalue weighted by atomic mass is 10.1. The van der Waals surface area contributed by atoms with E-state index in [2.05, 4.69) is 23.4 Å². The van der Waals surface area contributed by atoms with Crippen LogP contribution < -0.4 is 0 Å². The van der Waals surface area contributed by atoms with E-state index in [1.54, 1.807) is 38.3 Å². The van der Waals surface area contributed by atoms with Crippen LogP contribution in [0.3, 0.4) is 0 Å². The van der Waals surface area contributed by atoms with E-state index in [4.69, 9.17) is 4.74 Å². The molecule has 0 aromatic rings. The van der Waals surface area contributed by atoms with Gasteiger partial charge in [0.25, 0.3) is 0 Å². The van der Waals surface area contributed by atoms with E-state index in [9.17, 15) is 4.79 Å². The number of allylic oxidation sites excluding steroid dienone is 5. The second kappa shape index (κ2) is 13.4. The molecule has 0 aromatic heterocycles. The summed E-state index contributed by atoms with van der Waals surface area (Å²) in [4.78, 5) is 15.6. The van der Waals surface area contributed by atoms with E-state index in [-0.39, 0.29) is 5.78 Å². The van der Waals surface area contributed by atoms with Crippen LogP contribution in [0.4, 0.5) is 0 Å². The number of rotatable bonds is 7. The maximum atomic E-state index is 10.7. The molecule has 1 saturated heterocycles. The van der Waals surface area contributed by atoms with E-state index < -0.39 is 0 Å². The second-order valence-electron chi connectivity index (χ2n) is 5.39. The van der Waals surface area contributed by atoms with Crippen LogP contribution in [-0.2, 0) is 9.53 Å². The molecule has 0 spiro atoms. The number of nitrogens with zero attached hydrogens (tertiary/aromatic N) is 2. The molecular formula is C18H32N2O2. The fraction of sp³-hybridized carbons (Fsp3) is 0.611. The lowest BCUT2D eigenvalue weighted by Crippen LogP contribution is -2.44. The zero-order valence-corrected chi connectivity index (χ0v) is 14.7. The van der Waals surface area contributed by atoms with Crippen molar-refractivity contribution < 1.29 is 9.53 Å². The Hall–Kier alpha value is -1.23. The summed E-state index contributed by atoms with van der Waals surface area (Å²) in [7, 11) is 3.95. The van der Waals surface area contributed by atoms with Gasteiger partial charge in [-0.1, -0.05) is 30.9 Å². The second-order valence-corrected chi connectivity index (χ2v) is 5.39. The maximum absolute atomic E-state index is 10.7. The molecule has 1 aliphatic rings. The van der Waals surface area contributed by atoms with E-state index in [1.165, 1.54) is 39.1 Å². The average Bonchev–Trinajstić information content (AvgIpc) is 2.51. The smallest absolute Gasteiger partial charge is 0.159 e. The van der Waals surface area contributed by atoms with Gasteiger partial charge in [0, 0.05) is 52.0 Å². The summed E-state index contributed by atoms with van der Waals surface area (Å²) in [6.45, 7) is 13.8. The zero-order chi connectivity index (χ0) is 16.8. The number of hydrogen-bond acceptors (Lipinski definition) is 4. The maximum Gasteiger partial charge on any atom is 0.159 e. The first-order valence-corrected chi connectivity index (χ1v) is 7.91. The highest BCUT2D eigenvalue weighted by Crippen LogP contribution is 1.99. The van der Waals surface area contributed by atoms with Crippen molar-refractivity contribution in [2.24, 2.45) is 0 Å². The highest BCUT2D eigenvalue weighted by atomic mass is 16.5. The van der Waals surface area contributed by atoms with Gasteiger partial charge < -0.3 is 14.5 Å². The normalized spacial score (nSPS) is 17.2. The predicted octanol–water partition coefficient (Wildman–Crippen LogP) is 2.53. The first kappa shape index (κ1) is 20.8. The van der Waals surface area contributed by atoms with Gasteiger partial charge in [-0.05, 0) is 27.3 Å². The Morgan fingerprint density at radius 2 is 1.91 bits per heavy atom. The molecule has 0 aromatic carbocycles. The molecule has 1 aliphatic heterocycles. The first-order valence-electron chi connectivity index (χ1n) is 7.91. The minimum Gasteiger partial charge on any atom is -0.385 e. The van der Waals surface area contributed by atoms with Crippen LogP contribution >= 0.6 is 0 Å². The molecule has 4 nitrogen and oxygen atoms in total. The standard InChI is InChI=1S/C9H20N2O.C9H12O/c1-10-5-7-11(8-6-10)4-3-9-12-2;1-4-6-7-9(5-2)8(3)10/h3-9H2,1-2H3;4-7H,1H2,2-3H3/b;7-6-,9-5+. The number of methoxy groups -OCH3 is 1. The SMILES string of the molecule is C=C/C=C\C(=C/C)C(C)=O.COCCCN1CCN(C)CC1. The third-order valence-electron chi connectivity index (χ3n) is 3.55. The van der Waals surface area contributed by atoms with Gasteiger partial charge in [0.1, 0.15) is 0 Å². The van der Waals surface area contributed by atoms with Gasteiger partial charge in [-0.15, -0.1) is 0 Å². The lowest BCUT2D eigenvalue weighted by Gasteiger charge is -2.32. The number of carbonyl (C=O) groups is 1. The molecule has 0 bridgehead atoms. The van der Waals surface area contributed by atoms with Crippen LogP contribution in [0.15, 0.2) is 36.5 Å². The number of piperazine rings is 1. The Morgan fingerprint density at radius 1 is 1.27 bits per heavy atom. The Balaban J connectivity index is 0.000000409. The van der Waals surface area contributed by atoms with Gasteiger partial charge in [-0.2, -0.15) is 0 Å². The lowest BCUT2D eigenvalue weighted by molar-refractivity contribution is -0.113. The molecular weight excluding hydrogens is 276 g/mol. The number of ether oxygens (including phenoxy) is 1. The number of carbonyl (C=O) groups excluding carboxylic acids is 1. The molecule has 0 N–H and O–H groups in total. The van der Waals surface area contributed by atoms with Crippen LogP contribution in [0.5, 0.6) is 0 Å². The van der Waals surface area contributed by atoms with E-state index in [1.807, 2.05) is 6.92 Å². The van der Waals surface area contributed by atoms with Crippen molar-refractivity contribution in [3.8, 4) is 0 Å². The summed E-state index contributed by atoms with van der Waals surface area (Å²) in [5.74, 6) is 0.0839. The third-order valence-corrected chi connectivity index (χ3v) is 3.55. The Kier molecular flexibility index (Phi) is 12.7. The predicted molar refractivity (Wildman–Crippen MR) is 94.2 cm³/mol. The van der Waals surface area contributed by atoms with Crippen molar-refractivity contribution in [2.75, 3.05) is 53.5 Å². The number of ketones is 1. The summed E-state index contributed by atoms with van der Waals surface area (Å²) >= 11 is 0. The minimum atomic E-state index is 0.0839. The molecule has 0 aliphatic carbocycles. The molecule has 22 heavy (non-hydrogen) atoms. The molecule has 0 radical (unpaired) electrons. The van der Waals surface area contributed by atoms with Crippen LogP contribution in [0.25, 0.3) is 0 Å². The molecule has 1 fully saturated rings. The minimum absolute atomic E-state index is 0.0839. The quantitative estimate of drug-likeness (QED) is 0.411. The van der Waals surface area contributed by atoms with Crippen LogP contribution in [0, 0.1) is 0 Å². The first-order chi connectivity index (χ1) is 10.5. The molecule has 0 amide bonds. The molecule has 0 unspecified atom stereocenters. The van der Waals surface area contributed by atoms with Gasteiger partial charge in [0.05, 0.1) is 0 Å². The van der Waals surface area contributed by atoms with Crippen molar-refractivity contribution in [3.05, 3.63) is 36.5 Å². The summed E-state index contributed by atoms with van der Waals surface area (Å²) < 4.78 is 5.02. The fourth-order valence-corrected chi connectivity index (χ4v) is 2.09. The Labute approximate surface area is 136 Å². The van der Waals surface area contributed by atoms with Crippen molar-refractivity contribution in [1.29, 1.82) is 0 Å². The zero-order valence-electron chi connectivity index (χ0n) is 14.7. The average molecular weight is 308 g/mol. The van der Waals surface area contributed by atoms with Crippen LogP contribution in [0.1, 0.15) is 20.3 Å². The summed E-state index contributed by atoms with van der Waals surface area (Å²) in [6, 6.07) is 0. The van der Waals surface area contributed by atoms with Gasteiger partial charge in [-0.25, -0.2) is 0 Å². The molecule has 1 heterocycles. The number of hydrogen-bond donors (Lipinski definition) is 0. The van der Waals surface area contributed by atoms with Gasteiger partial charge in [-0.3, -0.25) is 4.79 Å². The Morgan fingerprint density at radius 3 is 2.36 bits per heavy atom. The van der Waals surface area contributed by atoms with Crippen LogP contribution in [-0.4, -0.2) is 69.1 Å². The largest absolute Gasteiger partial charge is 0.385 e. The highest BCUT2D eigenvalue weighted by Gasteiger charge is 2.12. The van der Waals surface area contributed by atoms with Crippen molar-refractivity contribution >= 4 is 5.78 Å². The van der Waals surface area contributed by atoms with Gasteiger partial charge >= 0.3 is 0 Å². The van der Waals surface area contributed by atoms with E-state index in [0.29, 0.717) is 0 Å².